The Morgan fingerprint density at radius 3 is 2.83 bits per heavy atom. The average molecular weight is 243 g/mol. The predicted molar refractivity (Wildman–Crippen MR) is 66.0 cm³/mol. The minimum atomic E-state index is -0.582. The molecule has 0 bridgehead atoms. The summed E-state index contributed by atoms with van der Waals surface area (Å²) in [7, 11) is 1.64. The van der Waals surface area contributed by atoms with E-state index >= 15 is 0 Å². The zero-order valence-corrected chi connectivity index (χ0v) is 9.61. The van der Waals surface area contributed by atoms with E-state index in [9.17, 15) is 4.39 Å². The third-order valence-corrected chi connectivity index (χ3v) is 2.27. The van der Waals surface area contributed by atoms with Gasteiger partial charge in [0.15, 0.2) is 11.6 Å². The van der Waals surface area contributed by atoms with Crippen LogP contribution in [0.4, 0.5) is 21.8 Å². The van der Waals surface area contributed by atoms with Gasteiger partial charge in [-0.05, 0) is 12.1 Å². The van der Waals surface area contributed by atoms with E-state index in [1.807, 2.05) is 6.07 Å². The Labute approximate surface area is 103 Å². The van der Waals surface area contributed by atoms with E-state index < -0.39 is 5.82 Å². The lowest BCUT2D eigenvalue weighted by Gasteiger charge is -2.08. The van der Waals surface area contributed by atoms with E-state index in [4.69, 9.17) is 5.26 Å². The number of nitrogens with zero attached hydrogens (tertiary/aromatic N) is 3. The SMILES string of the molecule is CNc1ncc(F)c(Nc2ccccc2C#N)n1. The van der Waals surface area contributed by atoms with E-state index in [1.54, 1.807) is 31.3 Å². The number of anilines is 3. The number of nitriles is 1. The monoisotopic (exact) mass is 243 g/mol. The van der Waals surface area contributed by atoms with Crippen molar-refractivity contribution in [3.63, 3.8) is 0 Å². The molecule has 90 valence electrons. The Balaban J connectivity index is 2.37. The van der Waals surface area contributed by atoms with Crippen LogP contribution in [0.1, 0.15) is 5.56 Å². The van der Waals surface area contributed by atoms with E-state index in [1.165, 1.54) is 0 Å². The van der Waals surface area contributed by atoms with Gasteiger partial charge < -0.3 is 10.6 Å². The van der Waals surface area contributed by atoms with Crippen molar-refractivity contribution in [2.75, 3.05) is 17.7 Å². The highest BCUT2D eigenvalue weighted by Crippen LogP contribution is 2.21. The molecule has 0 spiro atoms. The summed E-state index contributed by atoms with van der Waals surface area (Å²) >= 11 is 0. The fraction of sp³-hybridized carbons (Fsp3) is 0.0833. The number of hydrogen-bond donors (Lipinski definition) is 2. The molecule has 0 unspecified atom stereocenters. The van der Waals surface area contributed by atoms with E-state index in [-0.39, 0.29) is 5.82 Å². The molecule has 0 atom stereocenters. The number of para-hydroxylation sites is 1. The first-order chi connectivity index (χ1) is 8.74. The van der Waals surface area contributed by atoms with Gasteiger partial charge >= 0.3 is 0 Å². The van der Waals surface area contributed by atoms with Gasteiger partial charge in [-0.15, -0.1) is 0 Å². The van der Waals surface area contributed by atoms with Crippen molar-refractivity contribution in [3.8, 4) is 6.07 Å². The summed E-state index contributed by atoms with van der Waals surface area (Å²) in [4.78, 5) is 7.68. The first kappa shape index (κ1) is 11.8. The smallest absolute Gasteiger partial charge is 0.224 e. The Morgan fingerprint density at radius 1 is 1.33 bits per heavy atom. The minimum Gasteiger partial charge on any atom is -0.357 e. The summed E-state index contributed by atoms with van der Waals surface area (Å²) in [6, 6.07) is 8.83. The first-order valence-corrected chi connectivity index (χ1v) is 5.21. The van der Waals surface area contributed by atoms with Crippen molar-refractivity contribution in [1.29, 1.82) is 5.26 Å². The summed E-state index contributed by atoms with van der Waals surface area (Å²) < 4.78 is 13.5. The molecule has 2 rings (SSSR count). The molecule has 0 saturated heterocycles. The first-order valence-electron chi connectivity index (χ1n) is 5.21. The molecular formula is C12H10FN5. The maximum absolute atomic E-state index is 13.5. The highest BCUT2D eigenvalue weighted by Gasteiger charge is 2.08. The largest absolute Gasteiger partial charge is 0.357 e. The number of halogens is 1. The zero-order chi connectivity index (χ0) is 13.0. The number of hydrogen-bond acceptors (Lipinski definition) is 5. The quantitative estimate of drug-likeness (QED) is 0.865. The number of nitrogens with one attached hydrogen (secondary N) is 2. The topological polar surface area (TPSA) is 73.6 Å². The van der Waals surface area contributed by atoms with Crippen molar-refractivity contribution in [3.05, 3.63) is 41.8 Å². The second-order valence-corrected chi connectivity index (χ2v) is 3.42. The molecule has 0 saturated carbocycles. The Bertz CT molecular complexity index is 606. The van der Waals surface area contributed by atoms with Crippen molar-refractivity contribution < 1.29 is 4.39 Å². The highest BCUT2D eigenvalue weighted by atomic mass is 19.1. The summed E-state index contributed by atoms with van der Waals surface area (Å²) in [5, 5.41) is 14.4. The maximum Gasteiger partial charge on any atom is 0.224 e. The molecule has 0 radical (unpaired) electrons. The number of aromatic nitrogens is 2. The standard InChI is InChI=1S/C12H10FN5/c1-15-12-16-7-9(13)11(18-12)17-10-5-3-2-4-8(10)6-14/h2-5,7H,1H3,(H2,15,16,17,18). The predicted octanol–water partition coefficient (Wildman–Crippen LogP) is 2.27. The maximum atomic E-state index is 13.5. The molecular weight excluding hydrogens is 233 g/mol. The molecule has 0 aliphatic heterocycles. The van der Waals surface area contributed by atoms with Crippen LogP contribution < -0.4 is 10.6 Å². The van der Waals surface area contributed by atoms with Crippen LogP contribution in [-0.2, 0) is 0 Å². The molecule has 5 nitrogen and oxygen atoms in total. The van der Waals surface area contributed by atoms with Crippen LogP contribution >= 0.6 is 0 Å². The lowest BCUT2D eigenvalue weighted by atomic mass is 10.2. The molecule has 2 aromatic rings. The molecule has 1 heterocycles. The zero-order valence-electron chi connectivity index (χ0n) is 9.61. The number of rotatable bonds is 3. The van der Waals surface area contributed by atoms with Gasteiger partial charge in [-0.3, -0.25) is 0 Å². The van der Waals surface area contributed by atoms with Crippen LogP contribution in [0.25, 0.3) is 0 Å². The van der Waals surface area contributed by atoms with Gasteiger partial charge in [-0.1, -0.05) is 12.1 Å². The summed E-state index contributed by atoms with van der Waals surface area (Å²) in [6.07, 6.45) is 1.07. The lowest BCUT2D eigenvalue weighted by molar-refractivity contribution is 0.619. The van der Waals surface area contributed by atoms with Gasteiger partial charge in [0.05, 0.1) is 17.4 Å². The van der Waals surface area contributed by atoms with Crippen molar-refractivity contribution in [2.24, 2.45) is 0 Å². The van der Waals surface area contributed by atoms with Crippen LogP contribution in [0, 0.1) is 17.1 Å². The Kier molecular flexibility index (Phi) is 3.34. The van der Waals surface area contributed by atoms with E-state index in [2.05, 4.69) is 20.6 Å². The molecule has 6 heteroatoms. The fourth-order valence-corrected chi connectivity index (χ4v) is 1.39. The molecule has 0 amide bonds. The van der Waals surface area contributed by atoms with Gasteiger partial charge in [0.1, 0.15) is 6.07 Å². The second-order valence-electron chi connectivity index (χ2n) is 3.42. The van der Waals surface area contributed by atoms with Gasteiger partial charge in [0, 0.05) is 7.05 Å². The molecule has 2 N–H and O–H groups in total. The highest BCUT2D eigenvalue weighted by molar-refractivity contribution is 5.64. The molecule has 1 aromatic heterocycles. The summed E-state index contributed by atoms with van der Waals surface area (Å²) in [5.41, 5.74) is 0.918. The molecule has 0 aliphatic carbocycles. The van der Waals surface area contributed by atoms with Crippen LogP contribution in [0.5, 0.6) is 0 Å². The molecule has 18 heavy (non-hydrogen) atoms. The summed E-state index contributed by atoms with van der Waals surface area (Å²) in [6.45, 7) is 0. The number of benzene rings is 1. The Hall–Kier alpha value is -2.68. The van der Waals surface area contributed by atoms with Crippen LogP contribution in [-0.4, -0.2) is 17.0 Å². The van der Waals surface area contributed by atoms with Crippen LogP contribution in [0.3, 0.4) is 0 Å². The van der Waals surface area contributed by atoms with E-state index in [0.29, 0.717) is 17.2 Å². The molecule has 0 fully saturated rings. The van der Waals surface area contributed by atoms with Crippen LogP contribution in [0.2, 0.25) is 0 Å². The van der Waals surface area contributed by atoms with Crippen molar-refractivity contribution >= 4 is 17.5 Å². The third kappa shape index (κ3) is 2.35. The van der Waals surface area contributed by atoms with E-state index in [0.717, 1.165) is 6.20 Å². The lowest BCUT2D eigenvalue weighted by Crippen LogP contribution is -2.03. The van der Waals surface area contributed by atoms with Crippen molar-refractivity contribution in [2.45, 2.75) is 0 Å². The average Bonchev–Trinajstić information content (AvgIpc) is 2.42. The molecule has 1 aromatic carbocycles. The minimum absolute atomic E-state index is 0.0250. The van der Waals surface area contributed by atoms with Crippen molar-refractivity contribution in [1.82, 2.24) is 9.97 Å². The normalized spacial score (nSPS) is 9.61. The Morgan fingerprint density at radius 2 is 2.11 bits per heavy atom. The van der Waals surface area contributed by atoms with Gasteiger partial charge in [-0.2, -0.15) is 10.2 Å². The van der Waals surface area contributed by atoms with Crippen LogP contribution in [0.15, 0.2) is 30.5 Å². The molecule has 0 aliphatic rings. The van der Waals surface area contributed by atoms with Gasteiger partial charge in [0.25, 0.3) is 0 Å². The van der Waals surface area contributed by atoms with Gasteiger partial charge in [-0.25, -0.2) is 9.37 Å². The fourth-order valence-electron chi connectivity index (χ4n) is 1.39. The third-order valence-electron chi connectivity index (χ3n) is 2.27. The summed E-state index contributed by atoms with van der Waals surface area (Å²) in [5.74, 6) is -0.257. The van der Waals surface area contributed by atoms with Gasteiger partial charge in [0.2, 0.25) is 5.95 Å². The second kappa shape index (κ2) is 5.10.